The number of carboxylic acids is 1. The monoisotopic (exact) mass is 467 g/mol. The Bertz CT molecular complexity index is 1020. The van der Waals surface area contributed by atoms with Gasteiger partial charge in [-0.1, -0.05) is 31.5 Å². The maximum Gasteiger partial charge on any atom is 0.306 e. The van der Waals surface area contributed by atoms with Crippen molar-refractivity contribution in [2.45, 2.75) is 103 Å². The Hall–Kier alpha value is -2.14. The number of ether oxygens (including phenoxy) is 1. The number of hydrogen-bond donors (Lipinski definition) is 1. The van der Waals surface area contributed by atoms with Crippen LogP contribution in [0.25, 0.3) is 10.8 Å². The molecule has 0 amide bonds. The Morgan fingerprint density at radius 2 is 1.76 bits per heavy atom. The molecule has 34 heavy (non-hydrogen) atoms. The minimum Gasteiger partial charge on any atom is -0.490 e. The molecule has 3 fully saturated rings. The second-order valence-electron chi connectivity index (χ2n) is 10.8. The molecule has 5 heteroatoms. The number of aliphatic carboxylic acids is 1. The summed E-state index contributed by atoms with van der Waals surface area (Å²) in [7, 11) is 0. The number of halogens is 1. The van der Waals surface area contributed by atoms with Crippen molar-refractivity contribution in [3.63, 3.8) is 0 Å². The summed E-state index contributed by atoms with van der Waals surface area (Å²) in [6.45, 7) is 3.94. The molecule has 0 spiro atoms. The highest BCUT2D eigenvalue weighted by molar-refractivity contribution is 5.88. The summed E-state index contributed by atoms with van der Waals surface area (Å²) in [5, 5.41) is 11.5. The van der Waals surface area contributed by atoms with Crippen molar-refractivity contribution in [1.29, 1.82) is 0 Å². The topological polar surface area (TPSA) is 49.8 Å². The summed E-state index contributed by atoms with van der Waals surface area (Å²) in [5.41, 5.74) is 1.84. The van der Waals surface area contributed by atoms with Crippen LogP contribution in [0.15, 0.2) is 30.3 Å². The van der Waals surface area contributed by atoms with Gasteiger partial charge in [0, 0.05) is 23.7 Å². The average molecular weight is 468 g/mol. The Labute approximate surface area is 202 Å². The lowest BCUT2D eigenvalue weighted by Crippen LogP contribution is -2.45. The van der Waals surface area contributed by atoms with E-state index in [0.29, 0.717) is 23.4 Å². The number of carboxylic acid groups (broad SMARTS) is 1. The van der Waals surface area contributed by atoms with Crippen LogP contribution in [0.1, 0.15) is 88.8 Å². The van der Waals surface area contributed by atoms with Gasteiger partial charge in [-0.25, -0.2) is 4.39 Å². The van der Waals surface area contributed by atoms with E-state index >= 15 is 0 Å². The number of nitrogens with zero attached hydrogens (tertiary/aromatic N) is 1. The first-order valence-corrected chi connectivity index (χ1v) is 13.3. The predicted octanol–water partition coefficient (Wildman–Crippen LogP) is 7.05. The molecule has 1 saturated carbocycles. The molecular weight excluding hydrogens is 429 g/mol. The summed E-state index contributed by atoms with van der Waals surface area (Å²) < 4.78 is 20.7. The van der Waals surface area contributed by atoms with Crippen LogP contribution >= 0.6 is 0 Å². The average Bonchev–Trinajstić information content (AvgIpc) is 3.12. The van der Waals surface area contributed by atoms with Gasteiger partial charge in [0.2, 0.25) is 0 Å². The summed E-state index contributed by atoms with van der Waals surface area (Å²) in [6.07, 6.45) is 9.51. The van der Waals surface area contributed by atoms with Gasteiger partial charge in [-0.15, -0.1) is 0 Å². The van der Waals surface area contributed by atoms with Crippen molar-refractivity contribution < 1.29 is 19.0 Å². The third-order valence-electron chi connectivity index (χ3n) is 8.98. The Morgan fingerprint density at radius 1 is 1.09 bits per heavy atom. The van der Waals surface area contributed by atoms with Gasteiger partial charge in [0.05, 0.1) is 12.0 Å². The summed E-state index contributed by atoms with van der Waals surface area (Å²) in [6, 6.07) is 11.2. The second kappa shape index (κ2) is 9.85. The molecule has 0 aromatic heterocycles. The minimum atomic E-state index is -0.654. The van der Waals surface area contributed by atoms with Gasteiger partial charge in [0.25, 0.3) is 0 Å². The predicted molar refractivity (Wildman–Crippen MR) is 133 cm³/mol. The van der Waals surface area contributed by atoms with Crippen molar-refractivity contribution >= 4 is 16.7 Å². The van der Waals surface area contributed by atoms with E-state index in [1.807, 2.05) is 6.07 Å². The number of piperidine rings is 1. The van der Waals surface area contributed by atoms with E-state index in [-0.39, 0.29) is 18.1 Å². The van der Waals surface area contributed by atoms with Crippen LogP contribution in [0.3, 0.4) is 0 Å². The van der Waals surface area contributed by atoms with E-state index < -0.39 is 12.6 Å². The largest absolute Gasteiger partial charge is 0.490 e. The van der Waals surface area contributed by atoms with Crippen LogP contribution in [0.5, 0.6) is 5.75 Å². The van der Waals surface area contributed by atoms with E-state index in [9.17, 15) is 14.3 Å². The first kappa shape index (κ1) is 23.6. The van der Waals surface area contributed by atoms with Crippen LogP contribution in [-0.2, 0) is 11.5 Å². The normalized spacial score (nSPS) is 30.4. The molecule has 2 aromatic rings. The van der Waals surface area contributed by atoms with Crippen molar-refractivity contribution in [2.24, 2.45) is 11.8 Å². The number of carbonyl (C=O) groups is 1. The highest BCUT2D eigenvalue weighted by atomic mass is 19.1. The molecule has 2 aromatic carbocycles. The second-order valence-corrected chi connectivity index (χ2v) is 10.8. The molecule has 1 aliphatic carbocycles. The van der Waals surface area contributed by atoms with Gasteiger partial charge in [0.15, 0.2) is 0 Å². The van der Waals surface area contributed by atoms with Gasteiger partial charge in [-0.2, -0.15) is 0 Å². The highest BCUT2D eigenvalue weighted by Gasteiger charge is 2.45. The van der Waals surface area contributed by atoms with Crippen molar-refractivity contribution in [3.8, 4) is 5.75 Å². The lowest BCUT2D eigenvalue weighted by atomic mass is 9.86. The SMILES string of the molecule is CC[C@H]1CC[C@@H](Oc2ccc3ccc(C(C)N4C5CCC4CC(C(=O)O)C5)cc3c2CF)CC1. The maximum absolute atomic E-state index is 14.4. The fraction of sp³-hybridized carbons (Fsp3) is 0.621. The molecule has 184 valence electrons. The molecule has 2 aliphatic heterocycles. The van der Waals surface area contributed by atoms with Crippen molar-refractivity contribution in [1.82, 2.24) is 4.90 Å². The first-order chi connectivity index (χ1) is 16.5. The van der Waals surface area contributed by atoms with E-state index in [1.54, 1.807) is 0 Å². The summed E-state index contributed by atoms with van der Waals surface area (Å²) >= 11 is 0. The van der Waals surface area contributed by atoms with E-state index in [1.165, 1.54) is 24.8 Å². The molecule has 5 rings (SSSR count). The zero-order chi connectivity index (χ0) is 23.8. The van der Waals surface area contributed by atoms with E-state index in [4.69, 9.17) is 4.74 Å². The van der Waals surface area contributed by atoms with Crippen LogP contribution in [-0.4, -0.2) is 34.2 Å². The molecule has 3 atom stereocenters. The zero-order valence-electron chi connectivity index (χ0n) is 20.5. The molecule has 1 N–H and O–H groups in total. The standard InChI is InChI=1S/C29H38FNO3/c1-3-19-4-11-25(12-5-19)34-28-13-8-20-6-7-21(16-26(20)27(28)17-30)18(2)31-23-9-10-24(31)15-22(14-23)29(32)33/h6-8,13,16,18-19,22-25H,3-5,9-12,14-15,17H2,1-2H3,(H,32,33)/t18?,19-,22?,23?,24?,25+. The van der Waals surface area contributed by atoms with Gasteiger partial charge >= 0.3 is 5.97 Å². The van der Waals surface area contributed by atoms with Crippen molar-refractivity contribution in [3.05, 3.63) is 41.5 Å². The van der Waals surface area contributed by atoms with Crippen LogP contribution < -0.4 is 4.74 Å². The zero-order valence-corrected chi connectivity index (χ0v) is 20.5. The minimum absolute atomic E-state index is 0.179. The van der Waals surface area contributed by atoms with Gasteiger partial charge in [-0.05, 0) is 92.7 Å². The molecule has 0 radical (unpaired) electrons. The Morgan fingerprint density at radius 3 is 2.38 bits per heavy atom. The molecule has 4 nitrogen and oxygen atoms in total. The number of rotatable bonds is 7. The molecule has 2 heterocycles. The third kappa shape index (κ3) is 4.44. The number of hydrogen-bond acceptors (Lipinski definition) is 3. The summed E-state index contributed by atoms with van der Waals surface area (Å²) in [4.78, 5) is 14.1. The van der Waals surface area contributed by atoms with Crippen LogP contribution in [0, 0.1) is 11.8 Å². The Balaban J connectivity index is 1.39. The first-order valence-electron chi connectivity index (χ1n) is 13.3. The van der Waals surface area contributed by atoms with Crippen LogP contribution in [0.4, 0.5) is 4.39 Å². The number of alkyl halides is 1. The maximum atomic E-state index is 14.4. The lowest BCUT2D eigenvalue weighted by molar-refractivity contribution is -0.144. The van der Waals surface area contributed by atoms with Gasteiger partial charge < -0.3 is 9.84 Å². The van der Waals surface area contributed by atoms with Gasteiger partial charge in [-0.3, -0.25) is 9.69 Å². The van der Waals surface area contributed by atoms with E-state index in [0.717, 1.165) is 55.2 Å². The molecular formula is C29H38FNO3. The molecule has 3 aliphatic rings. The fourth-order valence-electron chi connectivity index (χ4n) is 6.94. The van der Waals surface area contributed by atoms with E-state index in [2.05, 4.69) is 43.0 Å². The smallest absolute Gasteiger partial charge is 0.306 e. The van der Waals surface area contributed by atoms with Crippen molar-refractivity contribution in [2.75, 3.05) is 0 Å². The molecule has 2 saturated heterocycles. The Kier molecular flexibility index (Phi) is 6.83. The fourth-order valence-corrected chi connectivity index (χ4v) is 6.94. The van der Waals surface area contributed by atoms with Gasteiger partial charge in [0.1, 0.15) is 12.4 Å². The third-order valence-corrected chi connectivity index (χ3v) is 8.98. The lowest BCUT2D eigenvalue weighted by Gasteiger charge is -2.41. The quantitative estimate of drug-likeness (QED) is 0.474. The molecule has 2 bridgehead atoms. The number of benzene rings is 2. The highest BCUT2D eigenvalue weighted by Crippen LogP contribution is 2.44. The molecule has 3 unspecified atom stereocenters. The van der Waals surface area contributed by atoms with Crippen LogP contribution in [0.2, 0.25) is 0 Å². The summed E-state index contributed by atoms with van der Waals surface area (Å²) in [5.74, 6) is 0.625. The number of fused-ring (bicyclic) bond motifs is 3.